The molecule has 3 rings (SSSR count). The molecule has 1 amide bonds. The van der Waals surface area contributed by atoms with Crippen LogP contribution in [0.5, 0.6) is 5.75 Å². The van der Waals surface area contributed by atoms with Crippen LogP contribution in [0.3, 0.4) is 0 Å². The lowest BCUT2D eigenvalue weighted by Crippen LogP contribution is -2.26. The Morgan fingerprint density at radius 2 is 1.96 bits per heavy atom. The van der Waals surface area contributed by atoms with E-state index in [-0.39, 0.29) is 5.91 Å². The van der Waals surface area contributed by atoms with Crippen molar-refractivity contribution in [2.45, 2.75) is 26.2 Å². The SMILES string of the molecule is Cc1ccccc1OCCCC(=O)NCCc1nc2ccccc2[nH]1. The topological polar surface area (TPSA) is 67.0 Å². The summed E-state index contributed by atoms with van der Waals surface area (Å²) in [6.45, 7) is 3.14. The molecule has 2 aromatic carbocycles. The van der Waals surface area contributed by atoms with Gasteiger partial charge in [-0.1, -0.05) is 30.3 Å². The van der Waals surface area contributed by atoms with Crippen molar-refractivity contribution in [2.75, 3.05) is 13.2 Å². The number of nitrogens with one attached hydrogen (secondary N) is 2. The summed E-state index contributed by atoms with van der Waals surface area (Å²) in [5.74, 6) is 1.82. The molecule has 0 radical (unpaired) electrons. The van der Waals surface area contributed by atoms with E-state index in [0.29, 0.717) is 32.4 Å². The van der Waals surface area contributed by atoms with E-state index in [4.69, 9.17) is 4.74 Å². The molecule has 130 valence electrons. The first-order valence-electron chi connectivity index (χ1n) is 8.61. The largest absolute Gasteiger partial charge is 0.493 e. The van der Waals surface area contributed by atoms with Crippen LogP contribution in [-0.4, -0.2) is 29.0 Å². The number of aromatic amines is 1. The van der Waals surface area contributed by atoms with Crippen LogP contribution in [0, 0.1) is 6.92 Å². The fourth-order valence-corrected chi connectivity index (χ4v) is 2.67. The minimum Gasteiger partial charge on any atom is -0.493 e. The molecule has 0 bridgehead atoms. The Morgan fingerprint density at radius 1 is 1.16 bits per heavy atom. The van der Waals surface area contributed by atoms with Gasteiger partial charge >= 0.3 is 0 Å². The summed E-state index contributed by atoms with van der Waals surface area (Å²) in [6.07, 6.45) is 1.86. The van der Waals surface area contributed by atoms with E-state index in [1.54, 1.807) is 0 Å². The van der Waals surface area contributed by atoms with Gasteiger partial charge in [-0.25, -0.2) is 4.98 Å². The molecule has 1 aromatic heterocycles. The highest BCUT2D eigenvalue weighted by atomic mass is 16.5. The average molecular weight is 337 g/mol. The number of nitrogens with zero attached hydrogens (tertiary/aromatic N) is 1. The minimum absolute atomic E-state index is 0.0458. The molecular weight excluding hydrogens is 314 g/mol. The summed E-state index contributed by atoms with van der Waals surface area (Å²) in [7, 11) is 0. The standard InChI is InChI=1S/C20H23N3O2/c1-15-7-2-5-10-18(15)25-14-6-11-20(24)21-13-12-19-22-16-8-3-4-9-17(16)23-19/h2-5,7-10H,6,11-14H2,1H3,(H,21,24)(H,22,23). The van der Waals surface area contributed by atoms with E-state index in [1.807, 2.05) is 55.5 Å². The lowest BCUT2D eigenvalue weighted by Gasteiger charge is -2.08. The fourth-order valence-electron chi connectivity index (χ4n) is 2.67. The second kappa shape index (κ2) is 8.33. The van der Waals surface area contributed by atoms with Gasteiger partial charge < -0.3 is 15.0 Å². The molecule has 0 aliphatic carbocycles. The predicted octanol–water partition coefficient (Wildman–Crippen LogP) is 3.39. The molecular formula is C20H23N3O2. The van der Waals surface area contributed by atoms with Gasteiger partial charge in [0.2, 0.25) is 5.91 Å². The van der Waals surface area contributed by atoms with E-state index < -0.39 is 0 Å². The number of rotatable bonds is 8. The number of hydrogen-bond acceptors (Lipinski definition) is 3. The van der Waals surface area contributed by atoms with Crippen LogP contribution >= 0.6 is 0 Å². The van der Waals surface area contributed by atoms with Gasteiger partial charge in [0.1, 0.15) is 11.6 Å². The zero-order valence-corrected chi connectivity index (χ0v) is 14.4. The van der Waals surface area contributed by atoms with Crippen molar-refractivity contribution in [1.29, 1.82) is 0 Å². The summed E-state index contributed by atoms with van der Waals surface area (Å²) in [6, 6.07) is 15.8. The number of para-hydroxylation sites is 3. The third-order valence-electron chi connectivity index (χ3n) is 4.02. The maximum absolute atomic E-state index is 11.9. The molecule has 0 saturated heterocycles. The van der Waals surface area contributed by atoms with Crippen LogP contribution in [-0.2, 0) is 11.2 Å². The van der Waals surface area contributed by atoms with Gasteiger partial charge in [0.25, 0.3) is 0 Å². The van der Waals surface area contributed by atoms with Crippen LogP contribution in [0.4, 0.5) is 0 Å². The first-order chi connectivity index (χ1) is 12.2. The molecule has 0 aliphatic heterocycles. The Labute approximate surface area is 147 Å². The first kappa shape index (κ1) is 17.0. The van der Waals surface area contributed by atoms with Crippen LogP contribution in [0.1, 0.15) is 24.2 Å². The molecule has 5 nitrogen and oxygen atoms in total. The van der Waals surface area contributed by atoms with Crippen LogP contribution in [0.15, 0.2) is 48.5 Å². The number of H-pyrrole nitrogens is 1. The zero-order valence-electron chi connectivity index (χ0n) is 14.4. The Bertz CT molecular complexity index is 809. The van der Waals surface area contributed by atoms with Crippen molar-refractivity contribution in [2.24, 2.45) is 0 Å². The number of carbonyl (C=O) groups is 1. The highest BCUT2D eigenvalue weighted by Crippen LogP contribution is 2.16. The second-order valence-corrected chi connectivity index (χ2v) is 6.02. The average Bonchev–Trinajstić information content (AvgIpc) is 3.03. The number of aromatic nitrogens is 2. The van der Waals surface area contributed by atoms with Gasteiger partial charge in [-0.15, -0.1) is 0 Å². The van der Waals surface area contributed by atoms with E-state index in [0.717, 1.165) is 28.2 Å². The molecule has 0 unspecified atom stereocenters. The molecule has 2 N–H and O–H groups in total. The summed E-state index contributed by atoms with van der Waals surface area (Å²) < 4.78 is 5.70. The predicted molar refractivity (Wildman–Crippen MR) is 98.7 cm³/mol. The van der Waals surface area contributed by atoms with Gasteiger partial charge in [-0.2, -0.15) is 0 Å². The second-order valence-electron chi connectivity index (χ2n) is 6.02. The van der Waals surface area contributed by atoms with Crippen molar-refractivity contribution < 1.29 is 9.53 Å². The fraction of sp³-hybridized carbons (Fsp3) is 0.300. The van der Waals surface area contributed by atoms with Crippen molar-refractivity contribution in [3.63, 3.8) is 0 Å². The maximum Gasteiger partial charge on any atom is 0.220 e. The molecule has 5 heteroatoms. The van der Waals surface area contributed by atoms with Crippen molar-refractivity contribution in [1.82, 2.24) is 15.3 Å². The van der Waals surface area contributed by atoms with Gasteiger partial charge in [-0.05, 0) is 37.1 Å². The summed E-state index contributed by atoms with van der Waals surface area (Å²) in [4.78, 5) is 19.6. The molecule has 0 fully saturated rings. The van der Waals surface area contributed by atoms with Gasteiger partial charge in [-0.3, -0.25) is 4.79 Å². The third-order valence-corrected chi connectivity index (χ3v) is 4.02. The smallest absolute Gasteiger partial charge is 0.220 e. The molecule has 0 aliphatic rings. The number of amides is 1. The van der Waals surface area contributed by atoms with Gasteiger partial charge in [0, 0.05) is 19.4 Å². The lowest BCUT2D eigenvalue weighted by atomic mass is 10.2. The van der Waals surface area contributed by atoms with E-state index >= 15 is 0 Å². The molecule has 1 heterocycles. The Balaban J connectivity index is 1.33. The van der Waals surface area contributed by atoms with Crippen LogP contribution in [0.2, 0.25) is 0 Å². The third kappa shape index (κ3) is 4.83. The normalized spacial score (nSPS) is 10.8. The Morgan fingerprint density at radius 3 is 2.80 bits per heavy atom. The summed E-state index contributed by atoms with van der Waals surface area (Å²) >= 11 is 0. The Kier molecular flexibility index (Phi) is 5.67. The monoisotopic (exact) mass is 337 g/mol. The molecule has 0 atom stereocenters. The van der Waals surface area contributed by atoms with Crippen LogP contribution < -0.4 is 10.1 Å². The summed E-state index contributed by atoms with van der Waals surface area (Å²) in [5, 5.41) is 2.93. The van der Waals surface area contributed by atoms with Crippen molar-refractivity contribution in [3.05, 3.63) is 59.9 Å². The first-order valence-corrected chi connectivity index (χ1v) is 8.61. The van der Waals surface area contributed by atoms with Crippen molar-refractivity contribution >= 4 is 16.9 Å². The van der Waals surface area contributed by atoms with E-state index in [1.165, 1.54) is 0 Å². The van der Waals surface area contributed by atoms with Gasteiger partial charge in [0.05, 0.1) is 17.6 Å². The summed E-state index contributed by atoms with van der Waals surface area (Å²) in [5.41, 5.74) is 3.09. The number of ether oxygens (including phenoxy) is 1. The number of aryl methyl sites for hydroxylation is 1. The number of carbonyl (C=O) groups excluding carboxylic acids is 1. The number of benzene rings is 2. The highest BCUT2D eigenvalue weighted by Gasteiger charge is 2.05. The quantitative estimate of drug-likeness (QED) is 0.619. The number of imidazole rings is 1. The van der Waals surface area contributed by atoms with E-state index in [9.17, 15) is 4.79 Å². The van der Waals surface area contributed by atoms with E-state index in [2.05, 4.69) is 15.3 Å². The van der Waals surface area contributed by atoms with Gasteiger partial charge in [0.15, 0.2) is 0 Å². The molecule has 0 spiro atoms. The Hall–Kier alpha value is -2.82. The molecule has 3 aromatic rings. The number of hydrogen-bond donors (Lipinski definition) is 2. The zero-order chi connectivity index (χ0) is 17.5. The van der Waals surface area contributed by atoms with Crippen LogP contribution in [0.25, 0.3) is 11.0 Å². The highest BCUT2D eigenvalue weighted by molar-refractivity contribution is 5.76. The lowest BCUT2D eigenvalue weighted by molar-refractivity contribution is -0.121. The minimum atomic E-state index is 0.0458. The molecule has 0 saturated carbocycles. The maximum atomic E-state index is 11.9. The molecule has 25 heavy (non-hydrogen) atoms. The number of fused-ring (bicyclic) bond motifs is 1. The van der Waals surface area contributed by atoms with Crippen molar-refractivity contribution in [3.8, 4) is 5.75 Å².